The molecule has 0 saturated heterocycles. The van der Waals surface area contributed by atoms with Gasteiger partial charge in [0.1, 0.15) is 0 Å². The van der Waals surface area contributed by atoms with E-state index < -0.39 is 5.97 Å². The Hall–Kier alpha value is -2.30. The second kappa shape index (κ2) is 5.83. The van der Waals surface area contributed by atoms with Crippen LogP contribution in [-0.2, 0) is 4.74 Å². The van der Waals surface area contributed by atoms with Crippen LogP contribution in [0.25, 0.3) is 15.3 Å². The van der Waals surface area contributed by atoms with Crippen LogP contribution in [0.3, 0.4) is 0 Å². The number of benzene rings is 2. The summed E-state index contributed by atoms with van der Waals surface area (Å²) in [5.41, 5.74) is 1.03. The number of carbonyl (C=O) groups is 1. The standard InChI is InChI=1S/C16H13NO4Se/c1-20-13-9-10(7-8-11(13)16(19)21-2)17-15(18)12-5-3-4-6-14(12)22-17/h3-9H,1-2H3. The van der Waals surface area contributed by atoms with E-state index in [9.17, 15) is 9.59 Å². The number of hydrogen-bond acceptors (Lipinski definition) is 4. The molecule has 0 saturated carbocycles. The molecule has 0 N–H and O–H groups in total. The van der Waals surface area contributed by atoms with Crippen LogP contribution in [0.5, 0.6) is 5.75 Å². The second-order valence-corrected chi connectivity index (χ2v) is 6.64. The molecule has 112 valence electrons. The van der Waals surface area contributed by atoms with Gasteiger partial charge in [0.25, 0.3) is 0 Å². The molecule has 0 fully saturated rings. The summed E-state index contributed by atoms with van der Waals surface area (Å²) < 4.78 is 12.7. The van der Waals surface area contributed by atoms with Crippen LogP contribution in [0.4, 0.5) is 0 Å². The van der Waals surface area contributed by atoms with Gasteiger partial charge in [-0.15, -0.1) is 0 Å². The number of esters is 1. The second-order valence-electron chi connectivity index (χ2n) is 4.56. The van der Waals surface area contributed by atoms with Crippen molar-refractivity contribution >= 4 is 30.3 Å². The number of carbonyl (C=O) groups excluding carboxylic acids is 1. The van der Waals surface area contributed by atoms with Crippen molar-refractivity contribution in [3.63, 3.8) is 0 Å². The summed E-state index contributed by atoms with van der Waals surface area (Å²) in [6.45, 7) is 0. The molecule has 22 heavy (non-hydrogen) atoms. The van der Waals surface area contributed by atoms with Gasteiger partial charge in [-0.25, -0.2) is 0 Å². The molecule has 2 aromatic carbocycles. The fourth-order valence-corrected chi connectivity index (χ4v) is 4.30. The van der Waals surface area contributed by atoms with Crippen LogP contribution in [-0.4, -0.2) is 38.5 Å². The topological polar surface area (TPSA) is 57.5 Å². The molecule has 0 aliphatic rings. The Morgan fingerprint density at radius 3 is 2.59 bits per heavy atom. The Bertz CT molecular complexity index is 910. The van der Waals surface area contributed by atoms with Crippen molar-refractivity contribution < 1.29 is 14.3 Å². The van der Waals surface area contributed by atoms with E-state index in [1.54, 1.807) is 21.8 Å². The molecule has 0 radical (unpaired) electrons. The fraction of sp³-hybridized carbons (Fsp3) is 0.125. The van der Waals surface area contributed by atoms with Crippen LogP contribution in [0, 0.1) is 0 Å². The summed E-state index contributed by atoms with van der Waals surface area (Å²) in [7, 11) is 2.80. The molecule has 0 aliphatic carbocycles. The van der Waals surface area contributed by atoms with Crippen LogP contribution in [0.1, 0.15) is 10.4 Å². The first-order valence-electron chi connectivity index (χ1n) is 6.53. The van der Waals surface area contributed by atoms with Crippen molar-refractivity contribution in [1.82, 2.24) is 3.56 Å². The average Bonchev–Trinajstić information content (AvgIpc) is 2.91. The number of methoxy groups -OCH3 is 2. The minimum absolute atomic E-state index is 0.0246. The van der Waals surface area contributed by atoms with Gasteiger partial charge in [0.15, 0.2) is 0 Å². The summed E-state index contributed by atoms with van der Waals surface area (Å²) in [6.07, 6.45) is 0. The van der Waals surface area contributed by atoms with Crippen molar-refractivity contribution in [1.29, 1.82) is 0 Å². The molecular formula is C16H13NO4Se. The Morgan fingerprint density at radius 1 is 1.14 bits per heavy atom. The number of rotatable bonds is 3. The van der Waals surface area contributed by atoms with Crippen LogP contribution >= 0.6 is 0 Å². The average molecular weight is 362 g/mol. The van der Waals surface area contributed by atoms with Gasteiger partial charge in [-0.05, 0) is 0 Å². The maximum atomic E-state index is 12.5. The predicted octanol–water partition coefficient (Wildman–Crippen LogP) is 1.84. The quantitative estimate of drug-likeness (QED) is 0.527. The van der Waals surface area contributed by atoms with E-state index in [1.165, 1.54) is 14.2 Å². The third-order valence-electron chi connectivity index (χ3n) is 3.32. The first-order chi connectivity index (χ1) is 10.7. The van der Waals surface area contributed by atoms with Gasteiger partial charge < -0.3 is 0 Å². The molecule has 5 nitrogen and oxygen atoms in total. The van der Waals surface area contributed by atoms with Crippen LogP contribution in [0.15, 0.2) is 47.3 Å². The molecule has 0 bridgehead atoms. The van der Waals surface area contributed by atoms with Gasteiger partial charge in [-0.2, -0.15) is 0 Å². The van der Waals surface area contributed by atoms with Gasteiger partial charge in [-0.3, -0.25) is 0 Å². The van der Waals surface area contributed by atoms with E-state index in [-0.39, 0.29) is 20.3 Å². The Balaban J connectivity index is 2.17. The first-order valence-corrected chi connectivity index (χ1v) is 8.15. The van der Waals surface area contributed by atoms with E-state index >= 15 is 0 Å². The molecule has 3 rings (SSSR count). The predicted molar refractivity (Wildman–Crippen MR) is 84.4 cm³/mol. The molecule has 0 atom stereocenters. The number of fused-ring (bicyclic) bond motifs is 1. The molecule has 0 unspecified atom stereocenters. The molecule has 0 aliphatic heterocycles. The Morgan fingerprint density at radius 2 is 1.91 bits per heavy atom. The summed E-state index contributed by atoms with van der Waals surface area (Å²) in [4.78, 5) is 24.2. The Kier molecular flexibility index (Phi) is 3.88. The van der Waals surface area contributed by atoms with Gasteiger partial charge in [-0.1, -0.05) is 0 Å². The summed E-state index contributed by atoms with van der Waals surface area (Å²) in [5.74, 6) is -0.0751. The van der Waals surface area contributed by atoms with Crippen molar-refractivity contribution in [2.75, 3.05) is 14.2 Å². The van der Waals surface area contributed by atoms with Gasteiger partial charge >= 0.3 is 132 Å². The molecule has 1 aromatic heterocycles. The van der Waals surface area contributed by atoms with E-state index in [1.807, 2.05) is 24.3 Å². The summed E-state index contributed by atoms with van der Waals surface area (Å²) >= 11 is -0.120. The SMILES string of the molecule is COC(=O)c1ccc(-n2[se]c3ccccc3c2=O)cc1OC. The van der Waals surface area contributed by atoms with Crippen molar-refractivity contribution in [2.45, 2.75) is 0 Å². The molecule has 3 aromatic rings. The number of hydrogen-bond donors (Lipinski definition) is 0. The first kappa shape index (κ1) is 14.6. The molecule has 0 amide bonds. The fourth-order valence-electron chi connectivity index (χ4n) is 2.23. The molecule has 1 heterocycles. The monoisotopic (exact) mass is 363 g/mol. The third kappa shape index (κ3) is 2.36. The summed E-state index contributed by atoms with van der Waals surface area (Å²) in [6, 6.07) is 12.6. The Labute approximate surface area is 132 Å². The molecule has 6 heteroatoms. The van der Waals surface area contributed by atoms with E-state index in [4.69, 9.17) is 9.47 Å². The van der Waals surface area contributed by atoms with E-state index in [0.29, 0.717) is 17.0 Å². The zero-order chi connectivity index (χ0) is 15.7. The maximum absolute atomic E-state index is 12.5. The zero-order valence-corrected chi connectivity index (χ0v) is 13.7. The minimum atomic E-state index is -0.468. The molecule has 0 spiro atoms. The third-order valence-corrected chi connectivity index (χ3v) is 5.65. The molecular weight excluding hydrogens is 349 g/mol. The zero-order valence-electron chi connectivity index (χ0n) is 12.0. The number of aromatic nitrogens is 1. The summed E-state index contributed by atoms with van der Waals surface area (Å²) in [5, 5.41) is 0.735. The van der Waals surface area contributed by atoms with E-state index in [0.717, 1.165) is 9.65 Å². The number of ether oxygens (including phenoxy) is 2. The normalized spacial score (nSPS) is 10.6. The van der Waals surface area contributed by atoms with Gasteiger partial charge in [0.05, 0.1) is 0 Å². The van der Waals surface area contributed by atoms with E-state index in [2.05, 4.69) is 0 Å². The van der Waals surface area contributed by atoms with Crippen molar-refractivity contribution in [3.8, 4) is 11.4 Å². The van der Waals surface area contributed by atoms with Crippen LogP contribution in [0.2, 0.25) is 0 Å². The van der Waals surface area contributed by atoms with Crippen molar-refractivity contribution in [3.05, 3.63) is 58.4 Å². The van der Waals surface area contributed by atoms with Crippen molar-refractivity contribution in [2.24, 2.45) is 0 Å². The number of nitrogens with zero attached hydrogens (tertiary/aromatic N) is 1. The van der Waals surface area contributed by atoms with Crippen LogP contribution < -0.4 is 10.3 Å². The van der Waals surface area contributed by atoms with Gasteiger partial charge in [0.2, 0.25) is 0 Å². The van der Waals surface area contributed by atoms with Gasteiger partial charge in [0, 0.05) is 0 Å².